The van der Waals surface area contributed by atoms with E-state index in [0.717, 1.165) is 0 Å². The highest BCUT2D eigenvalue weighted by atomic mass is 16.5. The van der Waals surface area contributed by atoms with Gasteiger partial charge in [-0.1, -0.05) is 13.8 Å². The largest absolute Gasteiger partial charge is 0.495 e. The van der Waals surface area contributed by atoms with Crippen molar-refractivity contribution >= 4 is 23.4 Å². The number of nitrogens with zero attached hydrogens (tertiary/aromatic N) is 1. The minimum absolute atomic E-state index is 0.0361. The van der Waals surface area contributed by atoms with E-state index in [9.17, 15) is 14.4 Å². The fourth-order valence-corrected chi connectivity index (χ4v) is 2.67. The van der Waals surface area contributed by atoms with Crippen LogP contribution in [0.1, 0.15) is 24.2 Å². The van der Waals surface area contributed by atoms with E-state index in [1.54, 1.807) is 23.1 Å². The Morgan fingerprint density at radius 2 is 1.93 bits per heavy atom. The van der Waals surface area contributed by atoms with Gasteiger partial charge in [0.2, 0.25) is 11.8 Å². The lowest BCUT2D eigenvalue weighted by molar-refractivity contribution is -0.125. The highest BCUT2D eigenvalue weighted by Crippen LogP contribution is 2.26. The average Bonchev–Trinajstić information content (AvgIpc) is 2.71. The zero-order valence-corrected chi connectivity index (χ0v) is 16.5. The molecular formula is C19H28N4O5. The van der Waals surface area contributed by atoms with Gasteiger partial charge in [0.05, 0.1) is 38.6 Å². The van der Waals surface area contributed by atoms with Gasteiger partial charge in [-0.25, -0.2) is 0 Å². The van der Waals surface area contributed by atoms with Gasteiger partial charge in [0, 0.05) is 18.7 Å². The van der Waals surface area contributed by atoms with Crippen molar-refractivity contribution in [1.29, 1.82) is 0 Å². The smallest absolute Gasteiger partial charge is 0.254 e. The number of anilines is 1. The molecule has 1 aromatic carbocycles. The molecular weight excluding hydrogens is 364 g/mol. The maximum absolute atomic E-state index is 12.6. The first-order valence-corrected chi connectivity index (χ1v) is 9.21. The van der Waals surface area contributed by atoms with Crippen LogP contribution >= 0.6 is 0 Å². The molecule has 0 aliphatic carbocycles. The van der Waals surface area contributed by atoms with E-state index in [-0.39, 0.29) is 18.4 Å². The number of nitrogens with one attached hydrogen (secondary N) is 2. The molecule has 1 heterocycles. The van der Waals surface area contributed by atoms with E-state index in [1.165, 1.54) is 7.11 Å². The number of amides is 3. The first kappa shape index (κ1) is 21.6. The molecule has 28 heavy (non-hydrogen) atoms. The second kappa shape index (κ2) is 10.0. The van der Waals surface area contributed by atoms with E-state index in [2.05, 4.69) is 10.6 Å². The normalized spacial score (nSPS) is 15.1. The highest BCUT2D eigenvalue weighted by molar-refractivity contribution is 5.99. The molecule has 3 amide bonds. The van der Waals surface area contributed by atoms with Crippen LogP contribution in [-0.4, -0.2) is 68.6 Å². The summed E-state index contributed by atoms with van der Waals surface area (Å²) in [5, 5.41) is 5.17. The molecule has 0 aromatic heterocycles. The second-order valence-electron chi connectivity index (χ2n) is 6.86. The van der Waals surface area contributed by atoms with Crippen LogP contribution in [-0.2, 0) is 14.3 Å². The van der Waals surface area contributed by atoms with Crippen LogP contribution in [0.15, 0.2) is 18.2 Å². The third kappa shape index (κ3) is 5.67. The minimum Gasteiger partial charge on any atom is -0.495 e. The van der Waals surface area contributed by atoms with Crippen molar-refractivity contribution in [3.8, 4) is 5.75 Å². The summed E-state index contributed by atoms with van der Waals surface area (Å²) in [7, 11) is 1.47. The van der Waals surface area contributed by atoms with Gasteiger partial charge in [-0.2, -0.15) is 0 Å². The number of hydrogen-bond donors (Lipinski definition) is 3. The molecule has 0 spiro atoms. The SMILES string of the molecule is COc1ccc(C(=O)N2CCOCC2)cc1NC(=O)CNC(=O)[C@@H](N)C(C)C. The van der Waals surface area contributed by atoms with Crippen LogP contribution < -0.4 is 21.1 Å². The summed E-state index contributed by atoms with van der Waals surface area (Å²) in [5.41, 5.74) is 6.54. The summed E-state index contributed by atoms with van der Waals surface area (Å²) in [4.78, 5) is 38.4. The Balaban J connectivity index is 2.03. The van der Waals surface area contributed by atoms with Crippen LogP contribution in [0.2, 0.25) is 0 Å². The fraction of sp³-hybridized carbons (Fsp3) is 0.526. The quantitative estimate of drug-likeness (QED) is 0.609. The number of morpholine rings is 1. The van der Waals surface area contributed by atoms with E-state index < -0.39 is 17.9 Å². The first-order chi connectivity index (χ1) is 13.3. The molecule has 9 heteroatoms. The average molecular weight is 392 g/mol. The van der Waals surface area contributed by atoms with Crippen molar-refractivity contribution in [2.24, 2.45) is 11.7 Å². The van der Waals surface area contributed by atoms with Gasteiger partial charge < -0.3 is 30.7 Å². The maximum atomic E-state index is 12.6. The highest BCUT2D eigenvalue weighted by Gasteiger charge is 2.21. The van der Waals surface area contributed by atoms with Crippen molar-refractivity contribution in [1.82, 2.24) is 10.2 Å². The zero-order valence-electron chi connectivity index (χ0n) is 16.5. The van der Waals surface area contributed by atoms with Gasteiger partial charge in [0.15, 0.2) is 0 Å². The number of nitrogens with two attached hydrogens (primary N) is 1. The van der Waals surface area contributed by atoms with E-state index in [4.69, 9.17) is 15.2 Å². The van der Waals surface area contributed by atoms with Crippen LogP contribution in [0.4, 0.5) is 5.69 Å². The first-order valence-electron chi connectivity index (χ1n) is 9.21. The predicted octanol–water partition coefficient (Wildman–Crippen LogP) is 0.206. The van der Waals surface area contributed by atoms with Gasteiger partial charge in [0.1, 0.15) is 5.75 Å². The van der Waals surface area contributed by atoms with Crippen molar-refractivity contribution < 1.29 is 23.9 Å². The Morgan fingerprint density at radius 3 is 2.54 bits per heavy atom. The van der Waals surface area contributed by atoms with E-state index in [0.29, 0.717) is 43.3 Å². The van der Waals surface area contributed by atoms with Gasteiger partial charge in [-0.3, -0.25) is 14.4 Å². The molecule has 2 rings (SSSR count). The van der Waals surface area contributed by atoms with Crippen molar-refractivity contribution in [3.63, 3.8) is 0 Å². The van der Waals surface area contributed by atoms with Gasteiger partial charge in [-0.05, 0) is 24.1 Å². The van der Waals surface area contributed by atoms with Crippen LogP contribution in [0.5, 0.6) is 5.75 Å². The van der Waals surface area contributed by atoms with Crippen LogP contribution in [0, 0.1) is 5.92 Å². The fourth-order valence-electron chi connectivity index (χ4n) is 2.67. The Hall–Kier alpha value is -2.65. The number of ether oxygens (including phenoxy) is 2. The predicted molar refractivity (Wildman–Crippen MR) is 104 cm³/mol. The zero-order chi connectivity index (χ0) is 20.7. The summed E-state index contributed by atoms with van der Waals surface area (Å²) in [6.45, 7) is 5.47. The molecule has 154 valence electrons. The topological polar surface area (TPSA) is 123 Å². The van der Waals surface area contributed by atoms with Gasteiger partial charge in [0.25, 0.3) is 5.91 Å². The minimum atomic E-state index is -0.684. The molecule has 1 aliphatic heterocycles. The van der Waals surface area contributed by atoms with E-state index in [1.807, 2.05) is 13.8 Å². The Kier molecular flexibility index (Phi) is 7.77. The number of methoxy groups -OCH3 is 1. The van der Waals surface area contributed by atoms with E-state index >= 15 is 0 Å². The van der Waals surface area contributed by atoms with Crippen molar-refractivity contribution in [3.05, 3.63) is 23.8 Å². The number of hydrogen-bond acceptors (Lipinski definition) is 6. The Morgan fingerprint density at radius 1 is 1.25 bits per heavy atom. The molecule has 0 unspecified atom stereocenters. The van der Waals surface area contributed by atoms with Crippen molar-refractivity contribution in [2.45, 2.75) is 19.9 Å². The molecule has 1 aromatic rings. The van der Waals surface area contributed by atoms with Crippen LogP contribution in [0.25, 0.3) is 0 Å². The number of carbonyl (C=O) groups is 3. The van der Waals surface area contributed by atoms with Crippen molar-refractivity contribution in [2.75, 3.05) is 45.3 Å². The summed E-state index contributed by atoms with van der Waals surface area (Å²) in [6.07, 6.45) is 0. The standard InChI is InChI=1S/C19H28N4O5/c1-12(2)17(20)18(25)21-11-16(24)22-14-10-13(4-5-15(14)27-3)19(26)23-6-8-28-9-7-23/h4-5,10,12,17H,6-9,11,20H2,1-3H3,(H,21,25)(H,22,24)/t17-/m0/s1. The Bertz CT molecular complexity index is 716. The molecule has 9 nitrogen and oxygen atoms in total. The molecule has 4 N–H and O–H groups in total. The molecule has 1 saturated heterocycles. The summed E-state index contributed by atoms with van der Waals surface area (Å²) < 4.78 is 10.5. The lowest BCUT2D eigenvalue weighted by Gasteiger charge is -2.27. The number of carbonyl (C=O) groups excluding carboxylic acids is 3. The molecule has 0 saturated carbocycles. The third-order valence-electron chi connectivity index (χ3n) is 4.46. The molecule has 0 bridgehead atoms. The number of rotatable bonds is 7. The third-order valence-corrected chi connectivity index (χ3v) is 4.46. The summed E-state index contributed by atoms with van der Waals surface area (Å²) >= 11 is 0. The van der Waals surface area contributed by atoms with Gasteiger partial charge >= 0.3 is 0 Å². The summed E-state index contributed by atoms with van der Waals surface area (Å²) in [5.74, 6) is -0.604. The summed E-state index contributed by atoms with van der Waals surface area (Å²) in [6, 6.07) is 4.15. The molecule has 0 radical (unpaired) electrons. The van der Waals surface area contributed by atoms with Gasteiger partial charge in [-0.15, -0.1) is 0 Å². The molecule has 1 fully saturated rings. The lowest BCUT2D eigenvalue weighted by atomic mass is 10.1. The lowest BCUT2D eigenvalue weighted by Crippen LogP contribution is -2.46. The number of benzene rings is 1. The second-order valence-corrected chi connectivity index (χ2v) is 6.86. The maximum Gasteiger partial charge on any atom is 0.254 e. The monoisotopic (exact) mass is 392 g/mol. The van der Waals surface area contributed by atoms with Crippen LogP contribution in [0.3, 0.4) is 0 Å². The molecule has 1 atom stereocenters. The Labute approximate surface area is 164 Å². The molecule has 1 aliphatic rings.